The molecule has 5 nitrogen and oxygen atoms in total. The molecule has 8 heteroatoms. The second-order valence-electron chi connectivity index (χ2n) is 5.44. The molecule has 0 aromatic heterocycles. The average Bonchev–Trinajstić information content (AvgIpc) is 2.93. The molecule has 1 aromatic rings. The zero-order valence-electron chi connectivity index (χ0n) is 12.4. The first kappa shape index (κ1) is 17.1. The van der Waals surface area contributed by atoms with E-state index in [2.05, 4.69) is 5.32 Å². The van der Waals surface area contributed by atoms with Crippen molar-refractivity contribution < 1.29 is 27.9 Å². The van der Waals surface area contributed by atoms with Crippen LogP contribution in [0.1, 0.15) is 12.5 Å². The largest absolute Gasteiger partial charge is 0.481 e. The number of nitrogens with one attached hydrogen (secondary N) is 1. The maximum absolute atomic E-state index is 12.9. The Morgan fingerprint density at radius 1 is 1.30 bits per heavy atom. The SMILES string of the molecule is CCc1ccccc1NC(=O)N1C[C@@H](C(F)(F)F)[C@H](C(=O)O)C1. The van der Waals surface area contributed by atoms with Crippen molar-refractivity contribution in [3.8, 4) is 0 Å². The van der Waals surface area contributed by atoms with Crippen molar-refractivity contribution in [3.05, 3.63) is 29.8 Å². The van der Waals surface area contributed by atoms with Gasteiger partial charge in [-0.15, -0.1) is 0 Å². The number of aryl methyl sites for hydroxylation is 1. The molecule has 1 aliphatic heterocycles. The molecule has 2 N–H and O–H groups in total. The first-order valence-corrected chi connectivity index (χ1v) is 7.17. The molecular formula is C15H17F3N2O3. The number of carbonyl (C=O) groups is 2. The van der Waals surface area contributed by atoms with Crippen LogP contribution in [0, 0.1) is 11.8 Å². The van der Waals surface area contributed by atoms with Crippen LogP contribution < -0.4 is 5.32 Å². The number of carboxylic acids is 1. The van der Waals surface area contributed by atoms with Crippen molar-refractivity contribution in [1.82, 2.24) is 4.90 Å². The number of hydrogen-bond acceptors (Lipinski definition) is 2. The number of nitrogens with zero attached hydrogens (tertiary/aromatic N) is 1. The van der Waals surface area contributed by atoms with Gasteiger partial charge in [0.1, 0.15) is 0 Å². The molecule has 23 heavy (non-hydrogen) atoms. The molecule has 0 bridgehead atoms. The highest BCUT2D eigenvalue weighted by molar-refractivity contribution is 5.91. The Labute approximate surface area is 131 Å². The lowest BCUT2D eigenvalue weighted by Crippen LogP contribution is -2.35. The zero-order valence-corrected chi connectivity index (χ0v) is 12.4. The lowest BCUT2D eigenvalue weighted by Gasteiger charge is -2.19. The number of hydrogen-bond donors (Lipinski definition) is 2. The highest BCUT2D eigenvalue weighted by atomic mass is 19.4. The number of aliphatic carboxylic acids is 1. The van der Waals surface area contributed by atoms with E-state index in [1.807, 2.05) is 6.92 Å². The fourth-order valence-electron chi connectivity index (χ4n) is 2.70. The normalized spacial score (nSPS) is 21.3. The second-order valence-corrected chi connectivity index (χ2v) is 5.44. The van der Waals surface area contributed by atoms with Crippen LogP contribution >= 0.6 is 0 Å². The van der Waals surface area contributed by atoms with Crippen molar-refractivity contribution in [1.29, 1.82) is 0 Å². The third kappa shape index (κ3) is 3.75. The summed E-state index contributed by atoms with van der Waals surface area (Å²) in [6, 6.07) is 6.24. The number of likely N-dealkylation sites (tertiary alicyclic amines) is 1. The van der Waals surface area contributed by atoms with Gasteiger partial charge in [-0.3, -0.25) is 4.79 Å². The number of benzene rings is 1. The third-order valence-electron chi connectivity index (χ3n) is 3.98. The molecule has 1 aromatic carbocycles. The number of rotatable bonds is 3. The Morgan fingerprint density at radius 2 is 1.96 bits per heavy atom. The molecule has 1 aliphatic rings. The quantitative estimate of drug-likeness (QED) is 0.895. The summed E-state index contributed by atoms with van der Waals surface area (Å²) in [7, 11) is 0. The number of alkyl halides is 3. The maximum Gasteiger partial charge on any atom is 0.394 e. The number of para-hydroxylation sites is 1. The first-order chi connectivity index (χ1) is 10.7. The summed E-state index contributed by atoms with van der Waals surface area (Å²) in [5.41, 5.74) is 1.37. The van der Waals surface area contributed by atoms with Gasteiger partial charge in [0.05, 0.1) is 11.8 Å². The fraction of sp³-hybridized carbons (Fsp3) is 0.467. The number of anilines is 1. The van der Waals surface area contributed by atoms with Crippen molar-refractivity contribution in [2.24, 2.45) is 11.8 Å². The van der Waals surface area contributed by atoms with Gasteiger partial charge in [0.2, 0.25) is 0 Å². The van der Waals surface area contributed by atoms with Gasteiger partial charge in [-0.1, -0.05) is 25.1 Å². The third-order valence-corrected chi connectivity index (χ3v) is 3.98. The Hall–Kier alpha value is -2.25. The van der Waals surface area contributed by atoms with E-state index < -0.39 is 43.1 Å². The van der Waals surface area contributed by atoms with Gasteiger partial charge >= 0.3 is 18.2 Å². The molecule has 0 unspecified atom stereocenters. The molecule has 1 fully saturated rings. The van der Waals surface area contributed by atoms with Crippen LogP contribution in [0.15, 0.2) is 24.3 Å². The van der Waals surface area contributed by atoms with E-state index in [9.17, 15) is 22.8 Å². The van der Waals surface area contributed by atoms with E-state index in [0.29, 0.717) is 12.1 Å². The predicted octanol–water partition coefficient (Wildman–Crippen LogP) is 2.98. The molecule has 0 aliphatic carbocycles. The molecular weight excluding hydrogens is 313 g/mol. The van der Waals surface area contributed by atoms with Gasteiger partial charge in [-0.25, -0.2) is 4.79 Å². The van der Waals surface area contributed by atoms with Crippen molar-refractivity contribution in [2.75, 3.05) is 18.4 Å². The summed E-state index contributed by atoms with van der Waals surface area (Å²) in [5.74, 6) is -5.23. The Morgan fingerprint density at radius 3 is 2.48 bits per heavy atom. The predicted molar refractivity (Wildman–Crippen MR) is 77.1 cm³/mol. The van der Waals surface area contributed by atoms with Gasteiger partial charge in [0, 0.05) is 18.8 Å². The van der Waals surface area contributed by atoms with E-state index in [0.717, 1.165) is 10.5 Å². The smallest absolute Gasteiger partial charge is 0.394 e. The van der Waals surface area contributed by atoms with E-state index in [1.54, 1.807) is 24.3 Å². The summed E-state index contributed by atoms with van der Waals surface area (Å²) in [4.78, 5) is 24.1. The van der Waals surface area contributed by atoms with Gasteiger partial charge in [0.15, 0.2) is 0 Å². The minimum absolute atomic E-state index is 0.459. The van der Waals surface area contributed by atoms with Crippen LogP contribution in [-0.2, 0) is 11.2 Å². The monoisotopic (exact) mass is 330 g/mol. The Kier molecular flexibility index (Phi) is 4.82. The lowest BCUT2D eigenvalue weighted by molar-refractivity contribution is -0.187. The standard InChI is InChI=1S/C15H17F3N2O3/c1-2-9-5-3-4-6-12(9)19-14(23)20-7-10(13(21)22)11(8-20)15(16,17)18/h3-6,10-11H,2,7-8H2,1H3,(H,19,23)(H,21,22)/t10-,11-/m1/s1. The topological polar surface area (TPSA) is 69.6 Å². The molecule has 126 valence electrons. The van der Waals surface area contributed by atoms with Crippen molar-refractivity contribution in [2.45, 2.75) is 19.5 Å². The summed E-state index contributed by atoms with van der Waals surface area (Å²) in [5, 5.41) is 11.5. The zero-order chi connectivity index (χ0) is 17.2. The number of carboxylic acid groups (broad SMARTS) is 1. The molecule has 0 spiro atoms. The minimum atomic E-state index is -4.65. The maximum atomic E-state index is 12.9. The number of carbonyl (C=O) groups excluding carboxylic acids is 1. The molecule has 2 amide bonds. The van der Waals surface area contributed by atoms with Gasteiger partial charge < -0.3 is 15.3 Å². The summed E-state index contributed by atoms with van der Waals surface area (Å²) in [6.45, 7) is 0.779. The van der Waals surface area contributed by atoms with Crippen LogP contribution in [0.2, 0.25) is 0 Å². The molecule has 0 radical (unpaired) electrons. The van der Waals surface area contributed by atoms with Crippen LogP contribution in [0.5, 0.6) is 0 Å². The van der Waals surface area contributed by atoms with Crippen LogP contribution in [0.4, 0.5) is 23.7 Å². The molecule has 2 rings (SSSR count). The summed E-state index contributed by atoms with van der Waals surface area (Å²) < 4.78 is 38.8. The Bertz CT molecular complexity index is 604. The van der Waals surface area contributed by atoms with E-state index in [4.69, 9.17) is 5.11 Å². The van der Waals surface area contributed by atoms with Gasteiger partial charge in [0.25, 0.3) is 0 Å². The fourth-order valence-corrected chi connectivity index (χ4v) is 2.70. The van der Waals surface area contributed by atoms with Gasteiger partial charge in [-0.2, -0.15) is 13.2 Å². The van der Waals surface area contributed by atoms with Crippen molar-refractivity contribution >= 4 is 17.7 Å². The minimum Gasteiger partial charge on any atom is -0.481 e. The van der Waals surface area contributed by atoms with Gasteiger partial charge in [-0.05, 0) is 18.1 Å². The Balaban J connectivity index is 2.13. The lowest BCUT2D eigenvalue weighted by atomic mass is 9.96. The van der Waals surface area contributed by atoms with E-state index in [1.165, 1.54) is 0 Å². The number of amides is 2. The highest BCUT2D eigenvalue weighted by Gasteiger charge is 2.53. The van der Waals surface area contributed by atoms with E-state index in [-0.39, 0.29) is 0 Å². The highest BCUT2D eigenvalue weighted by Crippen LogP contribution is 2.37. The average molecular weight is 330 g/mol. The van der Waals surface area contributed by atoms with Crippen LogP contribution in [-0.4, -0.2) is 41.3 Å². The summed E-state index contributed by atoms with van der Waals surface area (Å²) >= 11 is 0. The summed E-state index contributed by atoms with van der Waals surface area (Å²) in [6.07, 6.45) is -4.00. The molecule has 2 atom stereocenters. The van der Waals surface area contributed by atoms with Crippen molar-refractivity contribution in [3.63, 3.8) is 0 Å². The molecule has 0 saturated carbocycles. The van der Waals surface area contributed by atoms with E-state index >= 15 is 0 Å². The second kappa shape index (κ2) is 6.47. The first-order valence-electron chi connectivity index (χ1n) is 7.17. The number of halogens is 3. The molecule has 1 saturated heterocycles. The van der Waals surface area contributed by atoms with Crippen LogP contribution in [0.3, 0.4) is 0 Å². The van der Waals surface area contributed by atoms with Crippen LogP contribution in [0.25, 0.3) is 0 Å². The molecule has 1 heterocycles. The number of urea groups is 1.